The van der Waals surface area contributed by atoms with Crippen molar-refractivity contribution in [2.75, 3.05) is 5.32 Å². The van der Waals surface area contributed by atoms with Crippen LogP contribution in [0.25, 0.3) is 11.0 Å². The van der Waals surface area contributed by atoms with E-state index in [1.54, 1.807) is 18.2 Å². The highest BCUT2D eigenvalue weighted by atomic mass is 35.5. The maximum Gasteiger partial charge on any atom is 0.251 e. The number of aromatic nitrogens is 2. The average molecular weight is 447 g/mol. The molecule has 0 radical (unpaired) electrons. The zero-order chi connectivity index (χ0) is 22.5. The van der Waals surface area contributed by atoms with E-state index in [2.05, 4.69) is 20.6 Å². The molecule has 0 aliphatic heterocycles. The van der Waals surface area contributed by atoms with Crippen molar-refractivity contribution in [2.24, 2.45) is 0 Å². The number of imidazole rings is 1. The van der Waals surface area contributed by atoms with Crippen LogP contribution in [0.15, 0.2) is 66.7 Å². The number of carbonyl (C=O) groups excluding carboxylic acids is 2. The summed E-state index contributed by atoms with van der Waals surface area (Å²) in [5, 5.41) is 6.43. The Bertz CT molecular complexity index is 1250. The number of rotatable bonds is 7. The molecule has 0 saturated carbocycles. The molecule has 2 amide bonds. The summed E-state index contributed by atoms with van der Waals surface area (Å²) in [6.07, 6.45) is 1.07. The Morgan fingerprint density at radius 3 is 2.41 bits per heavy atom. The molecule has 0 aliphatic rings. The van der Waals surface area contributed by atoms with E-state index in [0.717, 1.165) is 33.7 Å². The Hall–Kier alpha value is -3.64. The molecule has 0 fully saturated rings. The summed E-state index contributed by atoms with van der Waals surface area (Å²) in [6.45, 7) is 2.25. The standard InChI is InChI=1S/C25H23ClN4O2/c1-2-24(31)28-20-10-5-16(6-11-20)13-23-29-21-12-7-18(14-22(21)30-23)25(32)27-15-17-3-8-19(26)9-4-17/h3-12,14H,2,13,15H2,1H3,(H,27,32)(H,28,31)(H,29,30). The number of H-pyrrole nitrogens is 1. The predicted octanol–water partition coefficient (Wildman–Crippen LogP) is 5.09. The van der Waals surface area contributed by atoms with Crippen LogP contribution >= 0.6 is 11.6 Å². The molecule has 0 atom stereocenters. The second kappa shape index (κ2) is 9.66. The van der Waals surface area contributed by atoms with Gasteiger partial charge in [0.25, 0.3) is 5.91 Å². The van der Waals surface area contributed by atoms with Crippen LogP contribution in [-0.2, 0) is 17.8 Å². The van der Waals surface area contributed by atoms with Crippen molar-refractivity contribution in [3.05, 3.63) is 94.3 Å². The predicted molar refractivity (Wildman–Crippen MR) is 127 cm³/mol. The van der Waals surface area contributed by atoms with Gasteiger partial charge in [-0.3, -0.25) is 9.59 Å². The van der Waals surface area contributed by atoms with Gasteiger partial charge < -0.3 is 15.6 Å². The van der Waals surface area contributed by atoms with Crippen LogP contribution in [0.4, 0.5) is 5.69 Å². The van der Waals surface area contributed by atoms with Crippen LogP contribution < -0.4 is 10.6 Å². The molecule has 4 rings (SSSR count). The number of nitrogens with zero attached hydrogens (tertiary/aromatic N) is 1. The molecule has 0 unspecified atom stereocenters. The van der Waals surface area contributed by atoms with Gasteiger partial charge in [0.15, 0.2) is 0 Å². The van der Waals surface area contributed by atoms with Crippen molar-refractivity contribution in [3.63, 3.8) is 0 Å². The Morgan fingerprint density at radius 2 is 1.69 bits per heavy atom. The first-order valence-corrected chi connectivity index (χ1v) is 10.8. The van der Waals surface area contributed by atoms with E-state index >= 15 is 0 Å². The van der Waals surface area contributed by atoms with Crippen LogP contribution in [0, 0.1) is 0 Å². The highest BCUT2D eigenvalue weighted by Gasteiger charge is 2.10. The number of aromatic amines is 1. The molecule has 162 valence electrons. The normalized spacial score (nSPS) is 10.8. The lowest BCUT2D eigenvalue weighted by molar-refractivity contribution is -0.115. The molecule has 0 saturated heterocycles. The SMILES string of the molecule is CCC(=O)Nc1ccc(Cc2nc3ccc(C(=O)NCc4ccc(Cl)cc4)cc3[nH]2)cc1. The smallest absolute Gasteiger partial charge is 0.251 e. The highest BCUT2D eigenvalue weighted by molar-refractivity contribution is 6.30. The molecule has 6 nitrogen and oxygen atoms in total. The third-order valence-electron chi connectivity index (χ3n) is 5.09. The fourth-order valence-electron chi connectivity index (χ4n) is 3.32. The summed E-state index contributed by atoms with van der Waals surface area (Å²) in [6, 6.07) is 20.5. The number of amides is 2. The first kappa shape index (κ1) is 21.6. The van der Waals surface area contributed by atoms with Crippen LogP contribution in [0.3, 0.4) is 0 Å². The maximum atomic E-state index is 12.6. The lowest BCUT2D eigenvalue weighted by Crippen LogP contribution is -2.22. The monoisotopic (exact) mass is 446 g/mol. The maximum absolute atomic E-state index is 12.6. The van der Waals surface area contributed by atoms with Gasteiger partial charge in [0, 0.05) is 35.7 Å². The van der Waals surface area contributed by atoms with Crippen molar-refractivity contribution in [1.82, 2.24) is 15.3 Å². The minimum Gasteiger partial charge on any atom is -0.348 e. The third kappa shape index (κ3) is 5.34. The zero-order valence-corrected chi connectivity index (χ0v) is 18.4. The highest BCUT2D eigenvalue weighted by Crippen LogP contribution is 2.18. The van der Waals surface area contributed by atoms with Crippen molar-refractivity contribution in [3.8, 4) is 0 Å². The van der Waals surface area contributed by atoms with Crippen molar-refractivity contribution < 1.29 is 9.59 Å². The number of nitrogens with one attached hydrogen (secondary N) is 3. The quantitative estimate of drug-likeness (QED) is 0.369. The fourth-order valence-corrected chi connectivity index (χ4v) is 3.45. The molecule has 1 aromatic heterocycles. The number of hydrogen-bond donors (Lipinski definition) is 3. The summed E-state index contributed by atoms with van der Waals surface area (Å²) >= 11 is 5.90. The van der Waals surface area contributed by atoms with Gasteiger partial charge in [0.2, 0.25) is 5.91 Å². The number of carbonyl (C=O) groups is 2. The minimum atomic E-state index is -0.150. The van der Waals surface area contributed by atoms with Gasteiger partial charge in [0.05, 0.1) is 11.0 Å². The zero-order valence-electron chi connectivity index (χ0n) is 17.6. The van der Waals surface area contributed by atoms with Gasteiger partial charge in [-0.25, -0.2) is 4.98 Å². The second-order valence-electron chi connectivity index (χ2n) is 7.50. The van der Waals surface area contributed by atoms with Gasteiger partial charge >= 0.3 is 0 Å². The largest absolute Gasteiger partial charge is 0.348 e. The number of halogens is 1. The fraction of sp³-hybridized carbons (Fsp3) is 0.160. The minimum absolute atomic E-state index is 0.0111. The van der Waals surface area contributed by atoms with Crippen molar-refractivity contribution in [1.29, 1.82) is 0 Å². The Morgan fingerprint density at radius 1 is 0.969 bits per heavy atom. The van der Waals surface area contributed by atoms with E-state index in [4.69, 9.17) is 11.6 Å². The molecule has 3 N–H and O–H groups in total. The summed E-state index contributed by atoms with van der Waals surface area (Å²) in [4.78, 5) is 32.0. The Kier molecular flexibility index (Phi) is 6.52. The molecule has 0 aliphatic carbocycles. The molecule has 0 spiro atoms. The molecule has 3 aromatic carbocycles. The Labute approximate surface area is 191 Å². The summed E-state index contributed by atoms with van der Waals surface area (Å²) in [5.74, 6) is 0.648. The molecule has 7 heteroatoms. The lowest BCUT2D eigenvalue weighted by Gasteiger charge is -2.05. The van der Waals surface area contributed by atoms with E-state index in [-0.39, 0.29) is 11.8 Å². The van der Waals surface area contributed by atoms with E-state index < -0.39 is 0 Å². The molecule has 1 heterocycles. The molecular formula is C25H23ClN4O2. The van der Waals surface area contributed by atoms with E-state index in [1.165, 1.54) is 0 Å². The van der Waals surface area contributed by atoms with Crippen molar-refractivity contribution >= 4 is 40.1 Å². The summed E-state index contributed by atoms with van der Waals surface area (Å²) in [7, 11) is 0. The molecule has 0 bridgehead atoms. The van der Waals surface area contributed by atoms with Crippen LogP contribution in [-0.4, -0.2) is 21.8 Å². The number of fused-ring (bicyclic) bond motifs is 1. The van der Waals surface area contributed by atoms with Gasteiger partial charge in [-0.05, 0) is 53.6 Å². The van der Waals surface area contributed by atoms with Crippen LogP contribution in [0.2, 0.25) is 5.02 Å². The van der Waals surface area contributed by atoms with Gasteiger partial charge in [-0.15, -0.1) is 0 Å². The number of anilines is 1. The first-order chi connectivity index (χ1) is 15.5. The molecular weight excluding hydrogens is 424 g/mol. The average Bonchev–Trinajstić information content (AvgIpc) is 3.21. The number of benzene rings is 3. The summed E-state index contributed by atoms with van der Waals surface area (Å²) < 4.78 is 0. The number of hydrogen-bond acceptors (Lipinski definition) is 3. The van der Waals surface area contributed by atoms with Crippen molar-refractivity contribution in [2.45, 2.75) is 26.3 Å². The second-order valence-corrected chi connectivity index (χ2v) is 7.94. The Balaban J connectivity index is 1.41. The van der Waals surface area contributed by atoms with Gasteiger partial charge in [0.1, 0.15) is 5.82 Å². The molecule has 4 aromatic rings. The van der Waals surface area contributed by atoms with Gasteiger partial charge in [-0.1, -0.05) is 42.8 Å². The van der Waals surface area contributed by atoms with E-state index in [0.29, 0.717) is 30.0 Å². The van der Waals surface area contributed by atoms with E-state index in [9.17, 15) is 9.59 Å². The summed E-state index contributed by atoms with van der Waals surface area (Å²) in [5.41, 5.74) is 5.01. The first-order valence-electron chi connectivity index (χ1n) is 10.4. The third-order valence-corrected chi connectivity index (χ3v) is 5.34. The van der Waals surface area contributed by atoms with Crippen LogP contribution in [0.1, 0.15) is 40.7 Å². The lowest BCUT2D eigenvalue weighted by atomic mass is 10.1. The van der Waals surface area contributed by atoms with Gasteiger partial charge in [-0.2, -0.15) is 0 Å². The molecule has 32 heavy (non-hydrogen) atoms. The van der Waals surface area contributed by atoms with Crippen LogP contribution in [0.5, 0.6) is 0 Å². The van der Waals surface area contributed by atoms with E-state index in [1.807, 2.05) is 55.5 Å². The topological polar surface area (TPSA) is 86.9 Å².